The molecular formula is C22H24S2. The van der Waals surface area contributed by atoms with Crippen molar-refractivity contribution in [2.75, 3.05) is 0 Å². The third kappa shape index (κ3) is 4.93. The molecule has 0 spiro atoms. The fraction of sp³-hybridized carbons (Fsp3) is 0.182. The fourth-order valence-electron chi connectivity index (χ4n) is 2.36. The van der Waals surface area contributed by atoms with Crippen molar-refractivity contribution in [1.82, 2.24) is 0 Å². The molecule has 1 aromatic rings. The Hall–Kier alpha value is -1.64. The van der Waals surface area contributed by atoms with Gasteiger partial charge in [0.2, 0.25) is 0 Å². The van der Waals surface area contributed by atoms with Gasteiger partial charge in [-0.25, -0.2) is 0 Å². The minimum atomic E-state index is 0.983. The van der Waals surface area contributed by atoms with Crippen molar-refractivity contribution in [2.24, 2.45) is 0 Å². The number of thioether (sulfide) groups is 1. The highest BCUT2D eigenvalue weighted by Gasteiger charge is 2.26. The van der Waals surface area contributed by atoms with Gasteiger partial charge in [0, 0.05) is 14.7 Å². The molecule has 0 aromatic heterocycles. The van der Waals surface area contributed by atoms with Gasteiger partial charge in [-0.05, 0) is 61.6 Å². The van der Waals surface area contributed by atoms with Crippen LogP contribution in [-0.2, 0) is 0 Å². The SMILES string of the molecule is C=C(S/C(=C1\C\C1=C\C)c1ccc(S)cc1)/C(C=CC)=C/C=C\C. The average Bonchev–Trinajstić information content (AvgIpc) is 3.36. The summed E-state index contributed by atoms with van der Waals surface area (Å²) in [5.74, 6) is 0. The molecule has 0 saturated heterocycles. The van der Waals surface area contributed by atoms with Crippen LogP contribution in [0.25, 0.3) is 4.91 Å². The molecule has 1 saturated carbocycles. The third-order valence-electron chi connectivity index (χ3n) is 3.74. The van der Waals surface area contributed by atoms with E-state index in [9.17, 15) is 0 Å². The summed E-state index contributed by atoms with van der Waals surface area (Å²) in [5.41, 5.74) is 5.25. The average molecular weight is 353 g/mol. The maximum atomic E-state index is 4.39. The maximum Gasteiger partial charge on any atom is 0.0232 e. The Bertz CT molecular complexity index is 754. The summed E-state index contributed by atoms with van der Waals surface area (Å²) in [6, 6.07) is 8.37. The zero-order chi connectivity index (χ0) is 17.5. The lowest BCUT2D eigenvalue weighted by atomic mass is 10.2. The van der Waals surface area contributed by atoms with Crippen molar-refractivity contribution < 1.29 is 0 Å². The second-order valence-corrected chi connectivity index (χ2v) is 7.14. The van der Waals surface area contributed by atoms with Crippen LogP contribution in [0.2, 0.25) is 0 Å². The van der Waals surface area contributed by atoms with Crippen LogP contribution in [-0.4, -0.2) is 0 Å². The first-order chi connectivity index (χ1) is 11.6. The van der Waals surface area contributed by atoms with Gasteiger partial charge in [-0.2, -0.15) is 0 Å². The maximum absolute atomic E-state index is 4.39. The van der Waals surface area contributed by atoms with Gasteiger partial charge >= 0.3 is 0 Å². The van der Waals surface area contributed by atoms with Gasteiger partial charge in [0.05, 0.1) is 0 Å². The molecule has 0 heterocycles. The molecule has 0 unspecified atom stereocenters. The fourth-order valence-corrected chi connectivity index (χ4v) is 3.59. The standard InChI is InChI=1S/C22H24S2/c1-5-8-10-18(9-6-2)16(4)24-22(21-15-17(21)7-3)19-11-13-20(23)14-12-19/h5-14,23H,4,15H2,1-3H3/b8-5-,9-6?,17-7-,18-10+,22-21+. The first kappa shape index (κ1) is 18.7. The van der Waals surface area contributed by atoms with E-state index in [0.29, 0.717) is 0 Å². The largest absolute Gasteiger partial charge is 0.143 e. The first-order valence-electron chi connectivity index (χ1n) is 8.11. The summed E-state index contributed by atoms with van der Waals surface area (Å²) in [4.78, 5) is 3.35. The highest BCUT2D eigenvalue weighted by Crippen LogP contribution is 2.49. The quantitative estimate of drug-likeness (QED) is 0.412. The van der Waals surface area contributed by atoms with Gasteiger partial charge in [-0.15, -0.1) is 12.6 Å². The van der Waals surface area contributed by atoms with E-state index in [-0.39, 0.29) is 0 Å². The van der Waals surface area contributed by atoms with E-state index >= 15 is 0 Å². The van der Waals surface area contributed by atoms with E-state index < -0.39 is 0 Å². The van der Waals surface area contributed by atoms with Crippen molar-refractivity contribution in [3.63, 3.8) is 0 Å². The zero-order valence-electron chi connectivity index (χ0n) is 14.5. The van der Waals surface area contributed by atoms with Gasteiger partial charge in [0.25, 0.3) is 0 Å². The second kappa shape index (κ2) is 9.00. The zero-order valence-corrected chi connectivity index (χ0v) is 16.3. The summed E-state index contributed by atoms with van der Waals surface area (Å²) < 4.78 is 0. The van der Waals surface area contributed by atoms with E-state index in [2.05, 4.69) is 68.6 Å². The van der Waals surface area contributed by atoms with Gasteiger partial charge < -0.3 is 0 Å². The molecule has 0 nitrogen and oxygen atoms in total. The van der Waals surface area contributed by atoms with Crippen LogP contribution in [0.4, 0.5) is 0 Å². The van der Waals surface area contributed by atoms with E-state index in [1.54, 1.807) is 11.8 Å². The molecule has 1 aliphatic rings. The molecule has 1 fully saturated rings. The molecule has 124 valence electrons. The highest BCUT2D eigenvalue weighted by molar-refractivity contribution is 8.12. The Balaban J connectivity index is 2.35. The molecule has 0 atom stereocenters. The Morgan fingerprint density at radius 3 is 2.38 bits per heavy atom. The molecule has 0 radical (unpaired) electrons. The number of thiol groups is 1. The van der Waals surface area contributed by atoms with E-state index in [0.717, 1.165) is 21.8 Å². The lowest BCUT2D eigenvalue weighted by Gasteiger charge is -2.11. The van der Waals surface area contributed by atoms with E-state index in [1.165, 1.54) is 21.6 Å². The van der Waals surface area contributed by atoms with Crippen LogP contribution < -0.4 is 0 Å². The van der Waals surface area contributed by atoms with Crippen LogP contribution in [0, 0.1) is 0 Å². The summed E-state index contributed by atoms with van der Waals surface area (Å²) in [6.07, 6.45) is 13.6. The van der Waals surface area contributed by atoms with Gasteiger partial charge in [0.1, 0.15) is 0 Å². The Morgan fingerprint density at radius 1 is 1.12 bits per heavy atom. The minimum Gasteiger partial charge on any atom is -0.143 e. The van der Waals surface area contributed by atoms with Crippen LogP contribution in [0.3, 0.4) is 0 Å². The van der Waals surface area contributed by atoms with E-state index in [4.69, 9.17) is 0 Å². The summed E-state index contributed by atoms with van der Waals surface area (Å²) in [7, 11) is 0. The molecule has 2 heteroatoms. The summed E-state index contributed by atoms with van der Waals surface area (Å²) in [5, 5.41) is 0. The third-order valence-corrected chi connectivity index (χ3v) is 5.21. The number of benzene rings is 1. The first-order valence-corrected chi connectivity index (χ1v) is 9.38. The van der Waals surface area contributed by atoms with Crippen LogP contribution in [0.15, 0.2) is 93.8 Å². The number of rotatable bonds is 6. The van der Waals surface area contributed by atoms with Gasteiger partial charge in [-0.3, -0.25) is 0 Å². The Kier molecular flexibility index (Phi) is 7.01. The molecule has 0 aliphatic heterocycles. The molecular weight excluding hydrogens is 328 g/mol. The molecule has 2 rings (SSSR count). The van der Waals surface area contributed by atoms with Crippen molar-refractivity contribution in [1.29, 1.82) is 0 Å². The monoisotopic (exact) mass is 352 g/mol. The molecule has 0 amide bonds. The van der Waals surface area contributed by atoms with Crippen molar-refractivity contribution in [2.45, 2.75) is 32.1 Å². The smallest absolute Gasteiger partial charge is 0.0232 e. The predicted molar refractivity (Wildman–Crippen MR) is 113 cm³/mol. The van der Waals surface area contributed by atoms with Crippen LogP contribution >= 0.6 is 24.4 Å². The molecule has 0 bridgehead atoms. The minimum absolute atomic E-state index is 0.983. The van der Waals surface area contributed by atoms with Crippen molar-refractivity contribution in [3.8, 4) is 0 Å². The Morgan fingerprint density at radius 2 is 1.83 bits per heavy atom. The van der Waals surface area contributed by atoms with Gasteiger partial charge in [0.15, 0.2) is 0 Å². The molecule has 0 N–H and O–H groups in total. The van der Waals surface area contributed by atoms with Crippen molar-refractivity contribution >= 4 is 29.3 Å². The number of hydrogen-bond donors (Lipinski definition) is 1. The second-order valence-electron chi connectivity index (χ2n) is 5.52. The predicted octanol–water partition coefficient (Wildman–Crippen LogP) is 7.36. The lowest BCUT2D eigenvalue weighted by molar-refractivity contribution is 1.46. The lowest BCUT2D eigenvalue weighted by Crippen LogP contribution is -1.85. The van der Waals surface area contributed by atoms with Crippen LogP contribution in [0.5, 0.6) is 0 Å². The van der Waals surface area contributed by atoms with Crippen molar-refractivity contribution in [3.05, 3.63) is 94.5 Å². The Labute approximate surface area is 155 Å². The number of allylic oxidation sites excluding steroid dienone is 9. The van der Waals surface area contributed by atoms with E-state index in [1.807, 2.05) is 32.1 Å². The molecule has 24 heavy (non-hydrogen) atoms. The highest BCUT2D eigenvalue weighted by atomic mass is 32.2. The van der Waals surface area contributed by atoms with Crippen LogP contribution in [0.1, 0.15) is 32.8 Å². The number of hydrogen-bond acceptors (Lipinski definition) is 2. The normalized spacial score (nSPS) is 18.7. The summed E-state index contributed by atoms with van der Waals surface area (Å²) >= 11 is 6.15. The topological polar surface area (TPSA) is 0 Å². The molecule has 1 aliphatic carbocycles. The molecule has 1 aromatic carbocycles. The summed E-state index contributed by atoms with van der Waals surface area (Å²) in [6.45, 7) is 10.5. The van der Waals surface area contributed by atoms with Gasteiger partial charge in [-0.1, -0.05) is 66.9 Å².